The third-order valence-corrected chi connectivity index (χ3v) is 3.80. The number of rotatable bonds is 4. The number of carbonyl (C=O) groups excluding carboxylic acids is 1. The predicted molar refractivity (Wildman–Crippen MR) is 92.4 cm³/mol. The molecule has 1 aromatic carbocycles. The first-order valence-corrected chi connectivity index (χ1v) is 7.57. The van der Waals surface area contributed by atoms with Gasteiger partial charge in [0.2, 0.25) is 0 Å². The van der Waals surface area contributed by atoms with Gasteiger partial charge in [0.1, 0.15) is 12.4 Å². The summed E-state index contributed by atoms with van der Waals surface area (Å²) in [5, 5.41) is 3.78. The lowest BCUT2D eigenvalue weighted by Gasteiger charge is -2.05. The van der Waals surface area contributed by atoms with Crippen LogP contribution in [0.1, 0.15) is 5.56 Å². The molecule has 0 atom stereocenters. The van der Waals surface area contributed by atoms with Gasteiger partial charge in [-0.1, -0.05) is 12.1 Å². The normalized spacial score (nSPS) is 11.3. The molecule has 0 aliphatic carbocycles. The van der Waals surface area contributed by atoms with E-state index in [0.29, 0.717) is 5.56 Å². The molecule has 1 N–H and O–H groups in total. The van der Waals surface area contributed by atoms with Crippen molar-refractivity contribution in [2.24, 2.45) is 19.2 Å². The van der Waals surface area contributed by atoms with Gasteiger partial charge in [-0.05, 0) is 17.7 Å². The molecule has 2 aromatic heterocycles. The third-order valence-electron chi connectivity index (χ3n) is 3.80. The molecule has 0 saturated heterocycles. The number of aromatic nitrogens is 4. The van der Waals surface area contributed by atoms with Crippen molar-refractivity contribution in [2.45, 2.75) is 6.54 Å². The maximum atomic E-state index is 12.8. The summed E-state index contributed by atoms with van der Waals surface area (Å²) in [5.74, 6) is -0.854. The molecule has 0 radical (unpaired) electrons. The van der Waals surface area contributed by atoms with Crippen LogP contribution >= 0.6 is 0 Å². The maximum absolute atomic E-state index is 12.8. The van der Waals surface area contributed by atoms with Gasteiger partial charge in [0.15, 0.2) is 11.2 Å². The second-order valence-corrected chi connectivity index (χ2v) is 5.60. The second kappa shape index (κ2) is 6.75. The number of benzene rings is 1. The zero-order valence-corrected chi connectivity index (χ0v) is 14.0. The van der Waals surface area contributed by atoms with Gasteiger partial charge >= 0.3 is 5.69 Å². The van der Waals surface area contributed by atoms with E-state index in [1.807, 2.05) is 0 Å². The van der Waals surface area contributed by atoms with E-state index in [2.05, 4.69) is 15.5 Å². The first-order valence-electron chi connectivity index (χ1n) is 7.57. The van der Waals surface area contributed by atoms with Crippen molar-refractivity contribution in [3.05, 3.63) is 62.8 Å². The summed E-state index contributed by atoms with van der Waals surface area (Å²) < 4.78 is 16.3. The van der Waals surface area contributed by atoms with Gasteiger partial charge in [-0.25, -0.2) is 19.6 Å². The van der Waals surface area contributed by atoms with Gasteiger partial charge in [-0.2, -0.15) is 5.10 Å². The van der Waals surface area contributed by atoms with E-state index in [1.54, 1.807) is 0 Å². The van der Waals surface area contributed by atoms with Crippen LogP contribution in [-0.2, 0) is 25.4 Å². The van der Waals surface area contributed by atoms with Crippen LogP contribution in [-0.4, -0.2) is 30.8 Å². The number of nitrogens with one attached hydrogen (secondary N) is 1. The molecule has 0 aliphatic heterocycles. The third kappa shape index (κ3) is 3.16. The van der Waals surface area contributed by atoms with Crippen molar-refractivity contribution in [1.29, 1.82) is 0 Å². The minimum atomic E-state index is -0.539. The van der Waals surface area contributed by atoms with E-state index < -0.39 is 17.2 Å². The fourth-order valence-electron chi connectivity index (χ4n) is 2.43. The van der Waals surface area contributed by atoms with Gasteiger partial charge in [0, 0.05) is 14.1 Å². The average Bonchev–Trinajstić information content (AvgIpc) is 3.03. The van der Waals surface area contributed by atoms with Crippen molar-refractivity contribution in [2.75, 3.05) is 0 Å². The summed E-state index contributed by atoms with van der Waals surface area (Å²) in [4.78, 5) is 40.2. The van der Waals surface area contributed by atoms with E-state index in [0.717, 1.165) is 4.57 Å². The van der Waals surface area contributed by atoms with Crippen LogP contribution in [0.15, 0.2) is 45.3 Å². The zero-order valence-electron chi connectivity index (χ0n) is 14.0. The van der Waals surface area contributed by atoms with Crippen molar-refractivity contribution in [3.8, 4) is 0 Å². The summed E-state index contributed by atoms with van der Waals surface area (Å²) in [6, 6.07) is 5.58. The number of carbonyl (C=O) groups is 1. The van der Waals surface area contributed by atoms with Gasteiger partial charge in [0.05, 0.1) is 12.5 Å². The number of hydrazone groups is 1. The van der Waals surface area contributed by atoms with E-state index in [4.69, 9.17) is 0 Å². The Balaban J connectivity index is 1.79. The first kappa shape index (κ1) is 17.3. The summed E-state index contributed by atoms with van der Waals surface area (Å²) in [6.45, 7) is -0.204. The largest absolute Gasteiger partial charge is 0.332 e. The zero-order chi connectivity index (χ0) is 18.8. The SMILES string of the molecule is Cn1c(=O)c2c(ncn2CC(=O)N/N=C\c2ccc(F)cc2)n(C)c1=O. The van der Waals surface area contributed by atoms with Crippen LogP contribution in [0.2, 0.25) is 0 Å². The molecular formula is C16H15FN6O3. The lowest BCUT2D eigenvalue weighted by molar-refractivity contribution is -0.121. The van der Waals surface area contributed by atoms with Crippen LogP contribution in [0.4, 0.5) is 4.39 Å². The Kier molecular flexibility index (Phi) is 4.48. The topological polar surface area (TPSA) is 103 Å². The quantitative estimate of drug-likeness (QED) is 0.512. The Hall–Kier alpha value is -3.56. The lowest BCUT2D eigenvalue weighted by atomic mass is 10.2. The Morgan fingerprint density at radius 1 is 1.23 bits per heavy atom. The van der Waals surface area contributed by atoms with E-state index in [-0.39, 0.29) is 23.5 Å². The lowest BCUT2D eigenvalue weighted by Crippen LogP contribution is -2.38. The fourth-order valence-corrected chi connectivity index (χ4v) is 2.43. The van der Waals surface area contributed by atoms with Crippen LogP contribution < -0.4 is 16.7 Å². The number of fused-ring (bicyclic) bond motifs is 1. The molecule has 9 nitrogen and oxygen atoms in total. The molecule has 0 aliphatic rings. The molecule has 3 aromatic rings. The Morgan fingerprint density at radius 3 is 2.62 bits per heavy atom. The van der Waals surface area contributed by atoms with E-state index in [9.17, 15) is 18.8 Å². The van der Waals surface area contributed by atoms with Gasteiger partial charge in [0.25, 0.3) is 11.5 Å². The van der Waals surface area contributed by atoms with Crippen molar-refractivity contribution < 1.29 is 9.18 Å². The number of imidazole rings is 1. The first-order chi connectivity index (χ1) is 12.4. The highest BCUT2D eigenvalue weighted by molar-refractivity contribution is 5.83. The van der Waals surface area contributed by atoms with Crippen molar-refractivity contribution in [1.82, 2.24) is 24.1 Å². The highest BCUT2D eigenvalue weighted by Gasteiger charge is 2.15. The van der Waals surface area contributed by atoms with Crippen LogP contribution in [0.25, 0.3) is 11.2 Å². The van der Waals surface area contributed by atoms with Crippen LogP contribution in [0, 0.1) is 5.82 Å². The molecule has 2 heterocycles. The van der Waals surface area contributed by atoms with Gasteiger partial charge in [-0.15, -0.1) is 0 Å². The molecule has 0 saturated carbocycles. The number of hydrogen-bond acceptors (Lipinski definition) is 5. The highest BCUT2D eigenvalue weighted by Crippen LogP contribution is 2.05. The molecule has 10 heteroatoms. The second-order valence-electron chi connectivity index (χ2n) is 5.60. The molecule has 26 heavy (non-hydrogen) atoms. The molecule has 0 bridgehead atoms. The van der Waals surface area contributed by atoms with Crippen molar-refractivity contribution in [3.63, 3.8) is 0 Å². The summed E-state index contributed by atoms with van der Waals surface area (Å²) in [6.07, 6.45) is 2.68. The predicted octanol–water partition coefficient (Wildman–Crippen LogP) is -0.277. The monoisotopic (exact) mass is 358 g/mol. The Labute approximate surface area is 146 Å². The van der Waals surface area contributed by atoms with Gasteiger partial charge < -0.3 is 4.57 Å². The van der Waals surface area contributed by atoms with Crippen molar-refractivity contribution >= 4 is 23.3 Å². The van der Waals surface area contributed by atoms with Crippen LogP contribution in [0.5, 0.6) is 0 Å². The van der Waals surface area contributed by atoms with Crippen LogP contribution in [0.3, 0.4) is 0 Å². The number of nitrogens with zero attached hydrogens (tertiary/aromatic N) is 5. The van der Waals surface area contributed by atoms with E-state index >= 15 is 0 Å². The molecular weight excluding hydrogens is 343 g/mol. The number of halogens is 1. The molecule has 0 fully saturated rings. The average molecular weight is 358 g/mol. The number of aryl methyl sites for hydroxylation is 1. The highest BCUT2D eigenvalue weighted by atomic mass is 19.1. The smallest absolute Gasteiger partial charge is 0.315 e. The van der Waals surface area contributed by atoms with Gasteiger partial charge in [-0.3, -0.25) is 18.7 Å². The maximum Gasteiger partial charge on any atom is 0.332 e. The summed E-state index contributed by atoms with van der Waals surface area (Å²) in [5.41, 5.74) is 2.24. The Morgan fingerprint density at radius 2 is 1.92 bits per heavy atom. The fraction of sp³-hybridized carbons (Fsp3) is 0.188. The number of amides is 1. The minimum absolute atomic E-state index is 0.146. The molecule has 3 rings (SSSR count). The Bertz CT molecular complexity index is 1120. The molecule has 134 valence electrons. The summed E-state index contributed by atoms with van der Waals surface area (Å²) >= 11 is 0. The molecule has 1 amide bonds. The molecule has 0 spiro atoms. The standard InChI is InChI=1S/C16H15FN6O3/c1-21-14-13(15(25)22(2)16(21)26)23(9-18-14)8-12(24)20-19-7-10-3-5-11(17)6-4-10/h3-7,9H,8H2,1-2H3,(H,20,24)/b19-7-. The van der Waals surface area contributed by atoms with E-state index in [1.165, 1.54) is 60.0 Å². The summed E-state index contributed by atoms with van der Waals surface area (Å²) in [7, 11) is 2.85. The minimum Gasteiger partial charge on any atom is -0.315 e. The molecule has 0 unspecified atom stereocenters. The number of hydrogen-bond donors (Lipinski definition) is 1.